The molecule has 3 nitrogen and oxygen atoms in total. The highest BCUT2D eigenvalue weighted by molar-refractivity contribution is 5.85. The van der Waals surface area contributed by atoms with Crippen molar-refractivity contribution >= 4 is 10.9 Å². The molecule has 3 rings (SSSR count). The molecule has 0 fully saturated rings. The lowest BCUT2D eigenvalue weighted by Crippen LogP contribution is -2.02. The number of fused-ring (bicyclic) bond motifs is 1. The molecule has 0 aliphatic heterocycles. The van der Waals surface area contributed by atoms with Gasteiger partial charge in [-0.05, 0) is 48.7 Å². The van der Waals surface area contributed by atoms with Gasteiger partial charge in [-0.25, -0.2) is 0 Å². The van der Waals surface area contributed by atoms with Gasteiger partial charge in [0.2, 0.25) is 0 Å². The van der Waals surface area contributed by atoms with E-state index in [4.69, 9.17) is 10.5 Å². The minimum atomic E-state index is 0.662. The zero-order valence-corrected chi connectivity index (χ0v) is 13.0. The number of nitrogens with two attached hydrogens (primary N) is 1. The Morgan fingerprint density at radius 2 is 1.86 bits per heavy atom. The number of hydrogen-bond acceptors (Lipinski definition) is 2. The van der Waals surface area contributed by atoms with Gasteiger partial charge in [0, 0.05) is 23.6 Å². The molecule has 0 saturated heterocycles. The van der Waals surface area contributed by atoms with Gasteiger partial charge in [-0.15, -0.1) is 0 Å². The summed E-state index contributed by atoms with van der Waals surface area (Å²) in [6.07, 6.45) is 4.15. The van der Waals surface area contributed by atoms with Crippen LogP contribution in [0.25, 0.3) is 10.9 Å². The molecule has 0 radical (unpaired) electrons. The van der Waals surface area contributed by atoms with Gasteiger partial charge in [0.15, 0.2) is 0 Å². The molecular weight excluding hydrogens is 272 g/mol. The van der Waals surface area contributed by atoms with E-state index in [2.05, 4.69) is 53.2 Å². The molecule has 0 atom stereocenters. The number of aromatic nitrogens is 1. The lowest BCUT2D eigenvalue weighted by atomic mass is 10.1. The van der Waals surface area contributed by atoms with E-state index in [0.29, 0.717) is 6.54 Å². The SMILES string of the molecule is COc1ccc2c(c1)c(CCN)cn2CCc1ccccc1. The maximum atomic E-state index is 5.76. The van der Waals surface area contributed by atoms with Crippen LogP contribution in [0.1, 0.15) is 11.1 Å². The molecule has 0 unspecified atom stereocenters. The van der Waals surface area contributed by atoms with E-state index in [1.165, 1.54) is 22.0 Å². The van der Waals surface area contributed by atoms with E-state index < -0.39 is 0 Å². The zero-order chi connectivity index (χ0) is 15.4. The number of nitrogens with zero attached hydrogens (tertiary/aromatic N) is 1. The van der Waals surface area contributed by atoms with Crippen molar-refractivity contribution in [1.29, 1.82) is 0 Å². The first-order valence-electron chi connectivity index (χ1n) is 7.71. The first-order valence-corrected chi connectivity index (χ1v) is 7.71. The van der Waals surface area contributed by atoms with Crippen LogP contribution in [0.15, 0.2) is 54.7 Å². The third-order valence-corrected chi connectivity index (χ3v) is 4.07. The molecule has 114 valence electrons. The predicted octanol–water partition coefficient (Wildman–Crippen LogP) is 3.39. The Balaban J connectivity index is 1.91. The lowest BCUT2D eigenvalue weighted by molar-refractivity contribution is 0.415. The van der Waals surface area contributed by atoms with Gasteiger partial charge in [-0.3, -0.25) is 0 Å². The Labute approximate surface area is 131 Å². The zero-order valence-electron chi connectivity index (χ0n) is 13.0. The van der Waals surface area contributed by atoms with E-state index in [9.17, 15) is 0 Å². The highest BCUT2D eigenvalue weighted by atomic mass is 16.5. The van der Waals surface area contributed by atoms with Crippen molar-refractivity contribution in [3.63, 3.8) is 0 Å². The number of rotatable bonds is 6. The minimum Gasteiger partial charge on any atom is -0.497 e. The Bertz CT molecular complexity index is 747. The van der Waals surface area contributed by atoms with Crippen LogP contribution in [0.4, 0.5) is 0 Å². The largest absolute Gasteiger partial charge is 0.497 e. The number of aryl methyl sites for hydroxylation is 2. The van der Waals surface area contributed by atoms with Gasteiger partial charge in [0.1, 0.15) is 5.75 Å². The molecule has 0 bridgehead atoms. The molecule has 0 amide bonds. The molecule has 3 aromatic rings. The lowest BCUT2D eigenvalue weighted by Gasteiger charge is -2.06. The second-order valence-electron chi connectivity index (χ2n) is 5.51. The van der Waals surface area contributed by atoms with E-state index in [0.717, 1.165) is 25.1 Å². The van der Waals surface area contributed by atoms with Gasteiger partial charge in [-0.1, -0.05) is 30.3 Å². The Morgan fingerprint density at radius 3 is 2.59 bits per heavy atom. The molecule has 1 heterocycles. The molecule has 0 spiro atoms. The summed E-state index contributed by atoms with van der Waals surface area (Å²) in [5.41, 5.74) is 9.66. The van der Waals surface area contributed by atoms with Crippen LogP contribution in [0, 0.1) is 0 Å². The fraction of sp³-hybridized carbons (Fsp3) is 0.263. The molecular formula is C19H22N2O. The van der Waals surface area contributed by atoms with Crippen LogP contribution >= 0.6 is 0 Å². The van der Waals surface area contributed by atoms with Crippen LogP contribution in [0.2, 0.25) is 0 Å². The number of ether oxygens (including phenoxy) is 1. The fourth-order valence-electron chi connectivity index (χ4n) is 2.91. The first-order chi connectivity index (χ1) is 10.8. The summed E-state index contributed by atoms with van der Waals surface area (Å²) in [6.45, 7) is 1.63. The summed E-state index contributed by atoms with van der Waals surface area (Å²) in [6, 6.07) is 16.9. The van der Waals surface area contributed by atoms with Gasteiger partial charge in [-0.2, -0.15) is 0 Å². The van der Waals surface area contributed by atoms with Crippen molar-refractivity contribution in [1.82, 2.24) is 4.57 Å². The van der Waals surface area contributed by atoms with Crippen molar-refractivity contribution in [2.24, 2.45) is 5.73 Å². The average Bonchev–Trinajstić information content (AvgIpc) is 2.91. The molecule has 0 aliphatic rings. The van der Waals surface area contributed by atoms with Crippen molar-refractivity contribution in [3.8, 4) is 5.75 Å². The monoisotopic (exact) mass is 294 g/mol. The van der Waals surface area contributed by atoms with Gasteiger partial charge >= 0.3 is 0 Å². The second kappa shape index (κ2) is 6.67. The summed E-state index contributed by atoms with van der Waals surface area (Å²) in [5.74, 6) is 0.895. The standard InChI is InChI=1S/C19H22N2O/c1-22-17-7-8-19-18(13-17)16(9-11-20)14-21(19)12-10-15-5-3-2-4-6-15/h2-8,13-14H,9-12,20H2,1H3. The summed E-state index contributed by atoms with van der Waals surface area (Å²) in [7, 11) is 1.70. The summed E-state index contributed by atoms with van der Waals surface area (Å²) < 4.78 is 7.68. The number of hydrogen-bond donors (Lipinski definition) is 1. The van der Waals surface area contributed by atoms with Crippen molar-refractivity contribution in [2.45, 2.75) is 19.4 Å². The van der Waals surface area contributed by atoms with Crippen LogP contribution in [-0.4, -0.2) is 18.2 Å². The van der Waals surface area contributed by atoms with Gasteiger partial charge in [0.25, 0.3) is 0 Å². The summed E-state index contributed by atoms with van der Waals surface area (Å²) in [5, 5.41) is 1.25. The number of methoxy groups -OCH3 is 1. The van der Waals surface area contributed by atoms with Crippen molar-refractivity contribution in [2.75, 3.05) is 13.7 Å². The maximum Gasteiger partial charge on any atom is 0.119 e. The maximum absolute atomic E-state index is 5.76. The Morgan fingerprint density at radius 1 is 1.05 bits per heavy atom. The summed E-state index contributed by atoms with van der Waals surface area (Å²) in [4.78, 5) is 0. The molecule has 22 heavy (non-hydrogen) atoms. The molecule has 3 heteroatoms. The van der Waals surface area contributed by atoms with E-state index >= 15 is 0 Å². The molecule has 0 saturated carbocycles. The molecule has 1 aromatic heterocycles. The third-order valence-electron chi connectivity index (χ3n) is 4.07. The quantitative estimate of drug-likeness (QED) is 0.757. The Hall–Kier alpha value is -2.26. The highest BCUT2D eigenvalue weighted by Gasteiger charge is 2.09. The van der Waals surface area contributed by atoms with Crippen LogP contribution < -0.4 is 10.5 Å². The topological polar surface area (TPSA) is 40.2 Å². The van der Waals surface area contributed by atoms with Crippen molar-refractivity contribution < 1.29 is 4.74 Å². The van der Waals surface area contributed by atoms with E-state index in [1.807, 2.05) is 6.07 Å². The third kappa shape index (κ3) is 3.00. The molecule has 0 aliphatic carbocycles. The van der Waals surface area contributed by atoms with Crippen LogP contribution in [0.3, 0.4) is 0 Å². The highest BCUT2D eigenvalue weighted by Crippen LogP contribution is 2.26. The summed E-state index contributed by atoms with van der Waals surface area (Å²) >= 11 is 0. The van der Waals surface area contributed by atoms with Gasteiger partial charge in [0.05, 0.1) is 7.11 Å². The fourth-order valence-corrected chi connectivity index (χ4v) is 2.91. The first kappa shape index (κ1) is 14.7. The predicted molar refractivity (Wildman–Crippen MR) is 91.4 cm³/mol. The average molecular weight is 294 g/mol. The van der Waals surface area contributed by atoms with E-state index in [1.54, 1.807) is 7.11 Å². The normalized spacial score (nSPS) is 11.0. The van der Waals surface area contributed by atoms with Crippen LogP contribution in [-0.2, 0) is 19.4 Å². The number of benzene rings is 2. The smallest absolute Gasteiger partial charge is 0.119 e. The van der Waals surface area contributed by atoms with Crippen LogP contribution in [0.5, 0.6) is 5.75 Å². The van der Waals surface area contributed by atoms with Crippen molar-refractivity contribution in [3.05, 3.63) is 65.9 Å². The second-order valence-corrected chi connectivity index (χ2v) is 5.51. The Kier molecular flexibility index (Phi) is 4.45. The van der Waals surface area contributed by atoms with E-state index in [-0.39, 0.29) is 0 Å². The molecule has 2 aromatic carbocycles. The van der Waals surface area contributed by atoms with Gasteiger partial charge < -0.3 is 15.0 Å². The molecule has 2 N–H and O–H groups in total. The minimum absolute atomic E-state index is 0.662.